The third-order valence-corrected chi connectivity index (χ3v) is 2.44. The van der Waals surface area contributed by atoms with Gasteiger partial charge in [-0.25, -0.2) is 9.59 Å². The van der Waals surface area contributed by atoms with Gasteiger partial charge in [0.05, 0.1) is 12.1 Å². The molecule has 7 nitrogen and oxygen atoms in total. The topological polar surface area (TPSA) is 115 Å². The van der Waals surface area contributed by atoms with Crippen LogP contribution in [0.25, 0.3) is 0 Å². The summed E-state index contributed by atoms with van der Waals surface area (Å²) in [5.41, 5.74) is -0.206. The van der Waals surface area contributed by atoms with E-state index >= 15 is 0 Å². The number of hydrogen-bond acceptors (Lipinski definition) is 4. The number of aromatic nitrogens is 2. The van der Waals surface area contributed by atoms with Crippen LogP contribution in [0.3, 0.4) is 0 Å². The summed E-state index contributed by atoms with van der Waals surface area (Å²) in [5.74, 6) is -1.05. The number of H-pyrrole nitrogens is 2. The van der Waals surface area contributed by atoms with Crippen LogP contribution in [-0.2, 0) is 6.54 Å². The van der Waals surface area contributed by atoms with Crippen molar-refractivity contribution >= 4 is 11.7 Å². The summed E-state index contributed by atoms with van der Waals surface area (Å²) in [6, 6.07) is 7.61. The summed E-state index contributed by atoms with van der Waals surface area (Å²) in [6.45, 7) is 0.142. The fraction of sp³-hybridized carbons (Fsp3) is 0.0833. The Morgan fingerprint density at radius 1 is 1.21 bits per heavy atom. The average Bonchev–Trinajstić information content (AvgIpc) is 2.35. The number of hydrogen-bond donors (Lipinski definition) is 4. The van der Waals surface area contributed by atoms with E-state index in [9.17, 15) is 14.4 Å². The van der Waals surface area contributed by atoms with Crippen molar-refractivity contribution in [2.45, 2.75) is 6.54 Å². The van der Waals surface area contributed by atoms with Gasteiger partial charge in [-0.1, -0.05) is 12.1 Å². The van der Waals surface area contributed by atoms with Gasteiger partial charge in [-0.3, -0.25) is 9.78 Å². The molecule has 4 N–H and O–H groups in total. The zero-order chi connectivity index (χ0) is 13.8. The number of aromatic carboxylic acids is 1. The molecule has 0 aliphatic heterocycles. The molecule has 0 aliphatic carbocycles. The Morgan fingerprint density at radius 2 is 1.95 bits per heavy atom. The van der Waals surface area contributed by atoms with E-state index in [0.29, 0.717) is 11.4 Å². The summed E-state index contributed by atoms with van der Waals surface area (Å²) >= 11 is 0. The molecule has 0 saturated carbocycles. The Balaban J connectivity index is 2.21. The van der Waals surface area contributed by atoms with Crippen molar-refractivity contribution in [2.24, 2.45) is 0 Å². The van der Waals surface area contributed by atoms with Gasteiger partial charge in [0.1, 0.15) is 0 Å². The monoisotopic (exact) mass is 261 g/mol. The number of para-hydroxylation sites is 1. The first kappa shape index (κ1) is 12.6. The van der Waals surface area contributed by atoms with Crippen LogP contribution in [0.2, 0.25) is 0 Å². The molecule has 0 fully saturated rings. The van der Waals surface area contributed by atoms with Crippen LogP contribution in [-0.4, -0.2) is 21.0 Å². The molecule has 7 heteroatoms. The van der Waals surface area contributed by atoms with Crippen molar-refractivity contribution in [3.63, 3.8) is 0 Å². The number of benzene rings is 1. The highest BCUT2D eigenvalue weighted by molar-refractivity contribution is 5.94. The maximum Gasteiger partial charge on any atom is 0.337 e. The number of nitrogens with one attached hydrogen (secondary N) is 3. The van der Waals surface area contributed by atoms with E-state index in [1.807, 2.05) is 4.98 Å². The zero-order valence-electron chi connectivity index (χ0n) is 9.77. The normalized spacial score (nSPS) is 10.1. The lowest BCUT2D eigenvalue weighted by molar-refractivity contribution is 0.0698. The lowest BCUT2D eigenvalue weighted by atomic mass is 10.2. The predicted octanol–water partition coefficient (Wildman–Crippen LogP) is 0.374. The van der Waals surface area contributed by atoms with E-state index in [0.717, 1.165) is 0 Å². The lowest BCUT2D eigenvalue weighted by Gasteiger charge is -2.08. The predicted molar refractivity (Wildman–Crippen MR) is 68.4 cm³/mol. The van der Waals surface area contributed by atoms with Crippen LogP contribution >= 0.6 is 0 Å². The highest BCUT2D eigenvalue weighted by Gasteiger charge is 2.08. The van der Waals surface area contributed by atoms with E-state index in [2.05, 4.69) is 10.3 Å². The summed E-state index contributed by atoms with van der Waals surface area (Å²) in [4.78, 5) is 37.6. The molecule has 2 rings (SSSR count). The van der Waals surface area contributed by atoms with Gasteiger partial charge in [-0.15, -0.1) is 0 Å². The Kier molecular flexibility index (Phi) is 3.46. The van der Waals surface area contributed by atoms with E-state index in [4.69, 9.17) is 5.11 Å². The van der Waals surface area contributed by atoms with E-state index in [1.165, 1.54) is 12.1 Å². The van der Waals surface area contributed by atoms with E-state index in [1.54, 1.807) is 18.2 Å². The molecule has 0 aliphatic rings. The molecule has 1 aromatic heterocycles. The van der Waals surface area contributed by atoms with E-state index < -0.39 is 17.2 Å². The number of rotatable bonds is 4. The van der Waals surface area contributed by atoms with E-state index in [-0.39, 0.29) is 12.1 Å². The zero-order valence-corrected chi connectivity index (χ0v) is 9.77. The highest BCUT2D eigenvalue weighted by atomic mass is 16.4. The second kappa shape index (κ2) is 5.21. The lowest BCUT2D eigenvalue weighted by Crippen LogP contribution is -2.24. The van der Waals surface area contributed by atoms with Gasteiger partial charge >= 0.3 is 11.7 Å². The summed E-state index contributed by atoms with van der Waals surface area (Å²) < 4.78 is 0. The molecule has 0 amide bonds. The second-order valence-electron chi connectivity index (χ2n) is 3.82. The van der Waals surface area contributed by atoms with Crippen LogP contribution in [0.15, 0.2) is 39.9 Å². The van der Waals surface area contributed by atoms with Gasteiger partial charge in [0, 0.05) is 17.4 Å². The van der Waals surface area contributed by atoms with Crippen molar-refractivity contribution in [2.75, 3.05) is 5.32 Å². The first-order valence-electron chi connectivity index (χ1n) is 5.45. The first-order valence-corrected chi connectivity index (χ1v) is 5.45. The number of carbonyl (C=O) groups is 1. The molecule has 98 valence electrons. The van der Waals surface area contributed by atoms with Gasteiger partial charge in [-0.2, -0.15) is 0 Å². The number of carboxylic acids is 1. The highest BCUT2D eigenvalue weighted by Crippen LogP contribution is 2.15. The van der Waals surface area contributed by atoms with Gasteiger partial charge in [0.25, 0.3) is 5.56 Å². The summed E-state index contributed by atoms with van der Waals surface area (Å²) in [7, 11) is 0. The first-order chi connectivity index (χ1) is 9.06. The second-order valence-corrected chi connectivity index (χ2v) is 3.82. The number of anilines is 1. The largest absolute Gasteiger partial charge is 0.478 e. The Bertz CT molecular complexity index is 689. The van der Waals surface area contributed by atoms with Crippen molar-refractivity contribution < 1.29 is 9.90 Å². The summed E-state index contributed by atoms with van der Waals surface area (Å²) in [5, 5.41) is 11.9. The van der Waals surface area contributed by atoms with Gasteiger partial charge in [-0.05, 0) is 12.1 Å². The van der Waals surface area contributed by atoms with Crippen LogP contribution in [0.4, 0.5) is 5.69 Å². The van der Waals surface area contributed by atoms with Crippen LogP contribution in [0, 0.1) is 0 Å². The smallest absolute Gasteiger partial charge is 0.337 e. The molecule has 0 atom stereocenters. The third-order valence-electron chi connectivity index (χ3n) is 2.44. The maximum atomic E-state index is 11.1. The maximum absolute atomic E-state index is 11.1. The fourth-order valence-corrected chi connectivity index (χ4v) is 1.63. The average molecular weight is 261 g/mol. The van der Waals surface area contributed by atoms with Crippen molar-refractivity contribution in [1.29, 1.82) is 0 Å². The van der Waals surface area contributed by atoms with Crippen molar-refractivity contribution in [3.8, 4) is 0 Å². The SMILES string of the molecule is O=C(O)c1ccccc1NCc1cc(=O)[nH]c(=O)[nH]1. The molecule has 2 aromatic rings. The molecule has 0 unspecified atom stereocenters. The minimum Gasteiger partial charge on any atom is -0.478 e. The molecule has 0 saturated heterocycles. The molecule has 1 heterocycles. The third kappa shape index (κ3) is 3.09. The van der Waals surface area contributed by atoms with Crippen LogP contribution in [0.5, 0.6) is 0 Å². The van der Waals surface area contributed by atoms with Crippen LogP contribution in [0.1, 0.15) is 16.1 Å². The Hall–Kier alpha value is -2.83. The summed E-state index contributed by atoms with van der Waals surface area (Å²) in [6.07, 6.45) is 0. The molecule has 0 bridgehead atoms. The number of aromatic amines is 2. The molecular formula is C12H11N3O4. The van der Waals surface area contributed by atoms with Crippen LogP contribution < -0.4 is 16.6 Å². The van der Waals surface area contributed by atoms with Gasteiger partial charge in [0.2, 0.25) is 0 Å². The molecular weight excluding hydrogens is 250 g/mol. The quantitative estimate of drug-likeness (QED) is 0.635. The molecule has 1 aromatic carbocycles. The van der Waals surface area contributed by atoms with Gasteiger partial charge in [0.15, 0.2) is 0 Å². The standard InChI is InChI=1S/C12H11N3O4/c16-10-5-7(14-12(19)15-10)6-13-9-4-2-1-3-8(9)11(17)18/h1-5,13H,6H2,(H,17,18)(H2,14,15,16,19). The minimum absolute atomic E-state index is 0.120. The molecule has 0 radical (unpaired) electrons. The molecule has 0 spiro atoms. The Morgan fingerprint density at radius 3 is 2.63 bits per heavy atom. The number of carboxylic acid groups (broad SMARTS) is 1. The fourth-order valence-electron chi connectivity index (χ4n) is 1.63. The van der Waals surface area contributed by atoms with Crippen molar-refractivity contribution in [1.82, 2.24) is 9.97 Å². The minimum atomic E-state index is -1.05. The molecule has 19 heavy (non-hydrogen) atoms. The van der Waals surface area contributed by atoms with Gasteiger partial charge < -0.3 is 15.4 Å². The van der Waals surface area contributed by atoms with Crippen molar-refractivity contribution in [3.05, 3.63) is 62.4 Å². The Labute approximate surface area is 106 Å².